The van der Waals surface area contributed by atoms with Gasteiger partial charge < -0.3 is 9.47 Å². The molecule has 0 spiro atoms. The van der Waals surface area contributed by atoms with Crippen LogP contribution in [0.2, 0.25) is 0 Å². The third-order valence-corrected chi connectivity index (χ3v) is 2.36. The van der Waals surface area contributed by atoms with Gasteiger partial charge in [-0.3, -0.25) is 7.05 Å². The maximum Gasteiger partial charge on any atom is 0.108 e. The fourth-order valence-corrected chi connectivity index (χ4v) is 1.68. The molecule has 0 radical (unpaired) electrons. The number of rotatable bonds is 1. The van der Waals surface area contributed by atoms with Crippen molar-refractivity contribution in [1.29, 1.82) is 0 Å². The third-order valence-electron chi connectivity index (χ3n) is 2.36. The molecule has 1 aliphatic rings. The largest absolute Gasteiger partial charge is 0.453 e. The van der Waals surface area contributed by atoms with Gasteiger partial charge in [0.2, 0.25) is 0 Å². The number of imidazole rings is 1. The van der Waals surface area contributed by atoms with Gasteiger partial charge in [0.05, 0.1) is 0 Å². The van der Waals surface area contributed by atoms with Crippen LogP contribution >= 0.6 is 0 Å². The Morgan fingerprint density at radius 2 is 2.42 bits per heavy atom. The van der Waals surface area contributed by atoms with E-state index in [1.165, 1.54) is 11.5 Å². The first kappa shape index (κ1) is 7.80. The van der Waals surface area contributed by atoms with Crippen LogP contribution in [0.3, 0.4) is 0 Å². The molecule has 0 fully saturated rings. The zero-order valence-corrected chi connectivity index (χ0v) is 7.45. The van der Waals surface area contributed by atoms with E-state index in [0.29, 0.717) is 0 Å². The molecule has 0 unspecified atom stereocenters. The fourth-order valence-electron chi connectivity index (χ4n) is 1.68. The van der Waals surface area contributed by atoms with E-state index >= 15 is 0 Å². The van der Waals surface area contributed by atoms with E-state index in [9.17, 15) is 0 Å². The SMILES string of the molecule is [CH2-]N1CCn2c(cnc2CC)C1. The summed E-state index contributed by atoms with van der Waals surface area (Å²) in [5.74, 6) is 1.21. The molecular formula is C9H14N3-. The van der Waals surface area contributed by atoms with E-state index in [1.54, 1.807) is 0 Å². The highest BCUT2D eigenvalue weighted by Crippen LogP contribution is 2.13. The molecule has 2 rings (SSSR count). The van der Waals surface area contributed by atoms with Crippen LogP contribution in [0.4, 0.5) is 0 Å². The molecule has 3 heteroatoms. The third kappa shape index (κ3) is 1.14. The number of hydrogen-bond acceptors (Lipinski definition) is 2. The normalized spacial score (nSPS) is 17.8. The van der Waals surface area contributed by atoms with E-state index in [2.05, 4.69) is 28.4 Å². The summed E-state index contributed by atoms with van der Waals surface area (Å²) >= 11 is 0. The van der Waals surface area contributed by atoms with Gasteiger partial charge in [-0.05, 0) is 6.54 Å². The predicted molar refractivity (Wildman–Crippen MR) is 47.4 cm³/mol. The van der Waals surface area contributed by atoms with Crippen molar-refractivity contribution in [2.24, 2.45) is 0 Å². The first-order valence-electron chi connectivity index (χ1n) is 4.40. The van der Waals surface area contributed by atoms with Gasteiger partial charge in [-0.25, -0.2) is 4.98 Å². The molecule has 12 heavy (non-hydrogen) atoms. The summed E-state index contributed by atoms with van der Waals surface area (Å²) in [4.78, 5) is 6.44. The smallest absolute Gasteiger partial charge is 0.108 e. The van der Waals surface area contributed by atoms with Crippen molar-refractivity contribution in [1.82, 2.24) is 14.5 Å². The lowest BCUT2D eigenvalue weighted by molar-refractivity contribution is 0.295. The maximum atomic E-state index is 4.36. The van der Waals surface area contributed by atoms with Crippen molar-refractivity contribution >= 4 is 0 Å². The van der Waals surface area contributed by atoms with E-state index in [4.69, 9.17) is 0 Å². The van der Waals surface area contributed by atoms with E-state index in [1.807, 2.05) is 6.20 Å². The monoisotopic (exact) mass is 164 g/mol. The van der Waals surface area contributed by atoms with Crippen LogP contribution < -0.4 is 0 Å². The van der Waals surface area contributed by atoms with Gasteiger partial charge in [0.15, 0.2) is 0 Å². The van der Waals surface area contributed by atoms with Crippen LogP contribution in [0.25, 0.3) is 0 Å². The standard InChI is InChI=1S/C9H14N3/c1-3-9-10-6-8-7-11(2)4-5-12(8)9/h6H,2-5,7H2,1H3/q-1. The Labute approximate surface area is 73.0 Å². The summed E-state index contributed by atoms with van der Waals surface area (Å²) in [5, 5.41) is 0. The molecule has 0 amide bonds. The Bertz CT molecular complexity index is 277. The lowest BCUT2D eigenvalue weighted by Gasteiger charge is -2.31. The molecule has 1 aromatic heterocycles. The highest BCUT2D eigenvalue weighted by molar-refractivity contribution is 5.07. The quantitative estimate of drug-likeness (QED) is 0.578. The lowest BCUT2D eigenvalue weighted by atomic mass is 10.3. The van der Waals surface area contributed by atoms with Crippen molar-refractivity contribution in [2.75, 3.05) is 6.54 Å². The molecule has 0 N–H and O–H groups in total. The van der Waals surface area contributed by atoms with Gasteiger partial charge in [0.1, 0.15) is 5.82 Å². The maximum absolute atomic E-state index is 4.36. The lowest BCUT2D eigenvalue weighted by Crippen LogP contribution is -2.29. The second-order valence-electron chi connectivity index (χ2n) is 3.22. The number of fused-ring (bicyclic) bond motifs is 1. The number of hydrogen-bond donors (Lipinski definition) is 0. The van der Waals surface area contributed by atoms with Crippen molar-refractivity contribution in [3.63, 3.8) is 0 Å². The molecule has 0 saturated heterocycles. The minimum atomic E-state index is 0.938. The fraction of sp³-hybridized carbons (Fsp3) is 0.556. The number of aromatic nitrogens is 2. The first-order valence-corrected chi connectivity index (χ1v) is 4.40. The van der Waals surface area contributed by atoms with E-state index in [0.717, 1.165) is 26.1 Å². The van der Waals surface area contributed by atoms with Gasteiger partial charge in [0, 0.05) is 31.4 Å². The minimum Gasteiger partial charge on any atom is -0.453 e. The summed E-state index contributed by atoms with van der Waals surface area (Å²) in [7, 11) is 3.92. The van der Waals surface area contributed by atoms with E-state index < -0.39 is 0 Å². The van der Waals surface area contributed by atoms with Crippen molar-refractivity contribution in [3.8, 4) is 0 Å². The van der Waals surface area contributed by atoms with Crippen LogP contribution in [0.15, 0.2) is 6.20 Å². The second-order valence-corrected chi connectivity index (χ2v) is 3.22. The molecule has 0 aliphatic carbocycles. The van der Waals surface area contributed by atoms with Gasteiger partial charge in [-0.15, -0.1) is 0 Å². The Balaban J connectivity index is 2.32. The number of nitrogens with zero attached hydrogens (tertiary/aromatic N) is 3. The molecule has 0 bridgehead atoms. The molecule has 2 heterocycles. The summed E-state index contributed by atoms with van der Waals surface area (Å²) < 4.78 is 2.31. The van der Waals surface area contributed by atoms with Crippen LogP contribution in [0.1, 0.15) is 18.4 Å². The highest BCUT2D eigenvalue weighted by Gasteiger charge is 2.12. The number of aryl methyl sites for hydroxylation is 1. The predicted octanol–water partition coefficient (Wildman–Crippen LogP) is 1.05. The zero-order chi connectivity index (χ0) is 8.55. The zero-order valence-electron chi connectivity index (χ0n) is 7.45. The van der Waals surface area contributed by atoms with Gasteiger partial charge in [-0.1, -0.05) is 6.92 Å². The molecule has 0 aromatic carbocycles. The summed E-state index contributed by atoms with van der Waals surface area (Å²) in [6, 6.07) is 0. The van der Waals surface area contributed by atoms with Crippen LogP contribution in [0.5, 0.6) is 0 Å². The first-order chi connectivity index (χ1) is 5.81. The Hall–Kier alpha value is -0.830. The van der Waals surface area contributed by atoms with Crippen molar-refractivity contribution < 1.29 is 0 Å². The van der Waals surface area contributed by atoms with Crippen molar-refractivity contribution in [2.45, 2.75) is 26.4 Å². The summed E-state index contributed by atoms with van der Waals surface area (Å²) in [6.07, 6.45) is 2.99. The van der Waals surface area contributed by atoms with Gasteiger partial charge >= 0.3 is 0 Å². The van der Waals surface area contributed by atoms with Crippen LogP contribution in [-0.2, 0) is 19.5 Å². The Morgan fingerprint density at radius 1 is 1.58 bits per heavy atom. The summed E-state index contributed by atoms with van der Waals surface area (Å²) in [5.41, 5.74) is 1.30. The molecule has 1 aliphatic heterocycles. The average Bonchev–Trinajstić information content (AvgIpc) is 2.46. The Kier molecular flexibility index (Phi) is 1.89. The molecule has 0 atom stereocenters. The minimum absolute atomic E-state index is 0.938. The van der Waals surface area contributed by atoms with Crippen LogP contribution in [0, 0.1) is 7.05 Å². The molecule has 0 saturated carbocycles. The molecule has 66 valence electrons. The van der Waals surface area contributed by atoms with Crippen LogP contribution in [-0.4, -0.2) is 21.0 Å². The molecular weight excluding hydrogens is 150 g/mol. The van der Waals surface area contributed by atoms with E-state index in [-0.39, 0.29) is 0 Å². The molecule has 3 nitrogen and oxygen atoms in total. The average molecular weight is 164 g/mol. The highest BCUT2D eigenvalue weighted by atomic mass is 15.2. The molecule has 1 aromatic rings. The summed E-state index contributed by atoms with van der Waals surface area (Å²) in [6.45, 7) is 5.16. The second kappa shape index (κ2) is 2.90. The van der Waals surface area contributed by atoms with Gasteiger partial charge in [-0.2, -0.15) is 0 Å². The Morgan fingerprint density at radius 3 is 3.17 bits per heavy atom. The topological polar surface area (TPSA) is 21.1 Å². The van der Waals surface area contributed by atoms with Gasteiger partial charge in [0.25, 0.3) is 0 Å². The van der Waals surface area contributed by atoms with Crippen molar-refractivity contribution in [3.05, 3.63) is 24.8 Å².